The second kappa shape index (κ2) is 2.68. The zero-order valence-corrected chi connectivity index (χ0v) is 7.87. The van der Waals surface area contributed by atoms with Crippen LogP contribution in [0.4, 0.5) is 4.39 Å². The smallest absolute Gasteiger partial charge is 0.165 e. The third-order valence-electron chi connectivity index (χ3n) is 1.61. The zero-order valence-electron chi connectivity index (χ0n) is 5.96. The van der Waals surface area contributed by atoms with E-state index in [1.54, 1.807) is 16.6 Å². The second-order valence-electron chi connectivity index (χ2n) is 2.39. The van der Waals surface area contributed by atoms with Crippen molar-refractivity contribution in [3.63, 3.8) is 0 Å². The van der Waals surface area contributed by atoms with E-state index in [1.807, 2.05) is 0 Å². The molecule has 2 aromatic heterocycles. The molecule has 0 amide bonds. The summed E-state index contributed by atoms with van der Waals surface area (Å²) in [4.78, 5) is 3.85. The summed E-state index contributed by atoms with van der Waals surface area (Å²) < 4.78 is 14.6. The van der Waals surface area contributed by atoms with Crippen molar-refractivity contribution in [2.24, 2.45) is 0 Å². The van der Waals surface area contributed by atoms with E-state index < -0.39 is 5.82 Å². The van der Waals surface area contributed by atoms with Crippen molar-refractivity contribution in [2.75, 3.05) is 0 Å². The van der Waals surface area contributed by atoms with Gasteiger partial charge in [-0.15, -0.1) is 0 Å². The van der Waals surface area contributed by atoms with E-state index in [1.165, 1.54) is 6.07 Å². The van der Waals surface area contributed by atoms with Crippen LogP contribution in [0.5, 0.6) is 0 Å². The van der Waals surface area contributed by atoms with Gasteiger partial charge in [-0.1, -0.05) is 11.6 Å². The Kier molecular flexibility index (Phi) is 1.78. The normalized spacial score (nSPS) is 10.9. The van der Waals surface area contributed by atoms with Crippen LogP contribution in [-0.4, -0.2) is 9.32 Å². The molecular formula is C7H5ClFN2P. The quantitative estimate of drug-likeness (QED) is 0.474. The monoisotopic (exact) mass is 202 g/mol. The van der Waals surface area contributed by atoms with Crippen molar-refractivity contribution in [3.8, 4) is 0 Å². The highest BCUT2D eigenvalue weighted by molar-refractivity contribution is 7.14. The molecule has 5 heteroatoms. The summed E-state index contributed by atoms with van der Waals surface area (Å²) in [5.41, 5.74) is 1.40. The fourth-order valence-corrected chi connectivity index (χ4v) is 1.47. The Morgan fingerprint density at radius 3 is 3.08 bits per heavy atom. The lowest BCUT2D eigenvalue weighted by Crippen LogP contribution is -1.84. The molecule has 2 aromatic rings. The SMILES string of the molecule is Fc1cc2c(ccn2P)nc1Cl. The lowest BCUT2D eigenvalue weighted by Gasteiger charge is -1.96. The molecular weight excluding hydrogens is 198 g/mol. The molecule has 62 valence electrons. The van der Waals surface area contributed by atoms with Gasteiger partial charge in [0.1, 0.15) is 0 Å². The van der Waals surface area contributed by atoms with E-state index in [2.05, 4.69) is 14.4 Å². The van der Waals surface area contributed by atoms with Crippen molar-refractivity contribution in [3.05, 3.63) is 29.3 Å². The highest BCUT2D eigenvalue weighted by Crippen LogP contribution is 2.21. The van der Waals surface area contributed by atoms with Crippen molar-refractivity contribution in [2.45, 2.75) is 0 Å². The predicted molar refractivity (Wildman–Crippen MR) is 49.8 cm³/mol. The molecule has 0 radical (unpaired) electrons. The van der Waals surface area contributed by atoms with E-state index in [4.69, 9.17) is 11.6 Å². The van der Waals surface area contributed by atoms with Crippen LogP contribution in [0, 0.1) is 5.82 Å². The molecule has 0 spiro atoms. The Hall–Kier alpha value is -0.660. The number of pyridine rings is 1. The first-order chi connectivity index (χ1) is 5.68. The molecule has 0 aliphatic rings. The summed E-state index contributed by atoms with van der Waals surface area (Å²) in [5, 5.41) is -0.0845. The Morgan fingerprint density at radius 1 is 1.58 bits per heavy atom. The summed E-state index contributed by atoms with van der Waals surface area (Å²) in [6.45, 7) is 0. The van der Waals surface area contributed by atoms with Gasteiger partial charge in [-0.05, 0) is 15.5 Å². The number of nitrogens with zero attached hydrogens (tertiary/aromatic N) is 2. The Morgan fingerprint density at radius 2 is 2.33 bits per heavy atom. The molecule has 1 atom stereocenters. The van der Waals surface area contributed by atoms with Crippen LogP contribution in [0.25, 0.3) is 11.0 Å². The molecule has 0 aromatic carbocycles. The lowest BCUT2D eigenvalue weighted by atomic mass is 10.4. The van der Waals surface area contributed by atoms with Crippen LogP contribution in [0.2, 0.25) is 5.15 Å². The van der Waals surface area contributed by atoms with Crippen molar-refractivity contribution in [1.29, 1.82) is 0 Å². The maximum Gasteiger partial charge on any atom is 0.165 e. The van der Waals surface area contributed by atoms with Crippen molar-refractivity contribution < 1.29 is 4.39 Å². The zero-order chi connectivity index (χ0) is 8.72. The molecule has 2 rings (SSSR count). The van der Waals surface area contributed by atoms with E-state index in [0.29, 0.717) is 11.0 Å². The third kappa shape index (κ3) is 1.10. The molecule has 0 saturated heterocycles. The molecule has 0 fully saturated rings. The van der Waals surface area contributed by atoms with Gasteiger partial charge in [0.05, 0.1) is 11.0 Å². The minimum atomic E-state index is -0.494. The van der Waals surface area contributed by atoms with Gasteiger partial charge in [0.2, 0.25) is 0 Å². The molecule has 2 heterocycles. The first-order valence-corrected chi connectivity index (χ1v) is 4.16. The largest absolute Gasteiger partial charge is 0.330 e. The highest BCUT2D eigenvalue weighted by atomic mass is 35.5. The Balaban J connectivity index is 2.87. The van der Waals surface area contributed by atoms with Crippen LogP contribution in [0.1, 0.15) is 0 Å². The van der Waals surface area contributed by atoms with Gasteiger partial charge in [-0.2, -0.15) is 0 Å². The number of rotatable bonds is 0. The van der Waals surface area contributed by atoms with Crippen LogP contribution in [0.3, 0.4) is 0 Å². The summed E-state index contributed by atoms with van der Waals surface area (Å²) in [6, 6.07) is 3.13. The molecule has 0 saturated carbocycles. The van der Waals surface area contributed by atoms with E-state index >= 15 is 0 Å². The fourth-order valence-electron chi connectivity index (χ4n) is 1.03. The van der Waals surface area contributed by atoms with Crippen molar-refractivity contribution >= 4 is 32.0 Å². The highest BCUT2D eigenvalue weighted by Gasteiger charge is 2.05. The molecule has 0 aliphatic heterocycles. The van der Waals surface area contributed by atoms with Crippen LogP contribution >= 0.6 is 21.0 Å². The fraction of sp³-hybridized carbons (Fsp3) is 0. The predicted octanol–water partition coefficient (Wildman–Crippen LogP) is 2.47. The van der Waals surface area contributed by atoms with Crippen LogP contribution in [-0.2, 0) is 0 Å². The van der Waals surface area contributed by atoms with Gasteiger partial charge < -0.3 is 4.34 Å². The number of hydrogen-bond donors (Lipinski definition) is 0. The molecule has 12 heavy (non-hydrogen) atoms. The number of halogens is 2. The Bertz CT molecular complexity index is 440. The number of aromatic nitrogens is 2. The van der Waals surface area contributed by atoms with Crippen LogP contribution < -0.4 is 0 Å². The number of fused-ring (bicyclic) bond motifs is 1. The van der Waals surface area contributed by atoms with Crippen LogP contribution in [0.15, 0.2) is 18.3 Å². The maximum atomic E-state index is 12.9. The van der Waals surface area contributed by atoms with Gasteiger partial charge >= 0.3 is 0 Å². The third-order valence-corrected chi connectivity index (χ3v) is 2.33. The van der Waals surface area contributed by atoms with Gasteiger partial charge in [0.15, 0.2) is 11.0 Å². The molecule has 1 unspecified atom stereocenters. The van der Waals surface area contributed by atoms with Gasteiger partial charge in [0, 0.05) is 12.3 Å². The van der Waals surface area contributed by atoms with Crippen molar-refractivity contribution in [1.82, 2.24) is 9.32 Å². The standard InChI is InChI=1S/C7H5ClFN2P/c8-7-4(9)3-6-5(10-7)1-2-11(6)12/h1-3H,12H2. The minimum absolute atomic E-state index is 0.0845. The summed E-state index contributed by atoms with van der Waals surface area (Å²) in [6.07, 6.45) is 1.78. The van der Waals surface area contributed by atoms with E-state index in [9.17, 15) is 4.39 Å². The van der Waals surface area contributed by atoms with E-state index in [0.717, 1.165) is 0 Å². The van der Waals surface area contributed by atoms with Gasteiger partial charge in [-0.25, -0.2) is 9.37 Å². The average Bonchev–Trinajstić information content (AvgIpc) is 2.35. The Labute approximate surface area is 75.6 Å². The number of hydrogen-bond acceptors (Lipinski definition) is 1. The minimum Gasteiger partial charge on any atom is -0.330 e. The van der Waals surface area contributed by atoms with Gasteiger partial charge in [0.25, 0.3) is 0 Å². The summed E-state index contributed by atoms with van der Waals surface area (Å²) >= 11 is 5.49. The van der Waals surface area contributed by atoms with E-state index in [-0.39, 0.29) is 5.15 Å². The first-order valence-electron chi connectivity index (χ1n) is 3.26. The second-order valence-corrected chi connectivity index (χ2v) is 3.30. The molecule has 2 nitrogen and oxygen atoms in total. The molecule has 0 bridgehead atoms. The first kappa shape index (κ1) is 7.96. The summed E-state index contributed by atoms with van der Waals surface area (Å²) in [7, 11) is 2.44. The molecule has 0 aliphatic carbocycles. The van der Waals surface area contributed by atoms with Gasteiger partial charge in [-0.3, -0.25) is 0 Å². The topological polar surface area (TPSA) is 17.8 Å². The molecule has 0 N–H and O–H groups in total. The average molecular weight is 203 g/mol. The maximum absolute atomic E-state index is 12.9. The lowest BCUT2D eigenvalue weighted by molar-refractivity contribution is 0.624. The summed E-state index contributed by atoms with van der Waals surface area (Å²) in [5.74, 6) is -0.494.